The Hall–Kier alpha value is -4.04. The number of fused-ring (bicyclic) bond motifs is 2. The van der Waals surface area contributed by atoms with Gasteiger partial charge in [-0.2, -0.15) is 0 Å². The summed E-state index contributed by atoms with van der Waals surface area (Å²) in [5.41, 5.74) is 5.16. The van der Waals surface area contributed by atoms with Crippen LogP contribution in [0.25, 0.3) is 21.1 Å². The molecular weight excluding hydrogens is 424 g/mol. The molecule has 2 aromatic carbocycles. The summed E-state index contributed by atoms with van der Waals surface area (Å²) in [5.74, 6) is 0.359. The van der Waals surface area contributed by atoms with Crippen LogP contribution in [0, 0.1) is 0 Å². The lowest BCUT2D eigenvalue weighted by molar-refractivity contribution is -0.116. The Balaban J connectivity index is 1.42. The lowest BCUT2D eigenvalue weighted by Gasteiger charge is -2.07. The Morgan fingerprint density at radius 2 is 1.97 bits per heavy atom. The second kappa shape index (κ2) is 8.24. The zero-order chi connectivity index (χ0) is 22.1. The quantitative estimate of drug-likeness (QED) is 0.391. The number of anilines is 1. The van der Waals surface area contributed by atoms with Crippen LogP contribution in [0.5, 0.6) is 5.75 Å². The topological polar surface area (TPSA) is 86.1 Å². The van der Waals surface area contributed by atoms with E-state index >= 15 is 0 Å². The van der Waals surface area contributed by atoms with Crippen molar-refractivity contribution in [3.05, 3.63) is 83.8 Å². The summed E-state index contributed by atoms with van der Waals surface area (Å²) in [5, 5.41) is 3.67. The number of amides is 1. The number of benzene rings is 2. The number of hydrogen-bond donors (Lipinski definition) is 1. The maximum absolute atomic E-state index is 13.2. The summed E-state index contributed by atoms with van der Waals surface area (Å²) in [6.07, 6.45) is 5.02. The molecule has 0 radical (unpaired) electrons. The smallest absolute Gasteiger partial charge is 0.244 e. The van der Waals surface area contributed by atoms with Crippen LogP contribution in [-0.2, 0) is 11.3 Å². The standard InChI is InChI=1S/C24H18N4O3S/c1-31-17-5-2-15(3-6-17)24(30)19-12-28(21-11-25-9-8-18(19)21)13-23(29)27-16-4-7-20-22(10-16)32-14-26-20/h2-12,14H,13H2,1H3,(H,27,29). The highest BCUT2D eigenvalue weighted by Gasteiger charge is 2.18. The highest BCUT2D eigenvalue weighted by Crippen LogP contribution is 2.25. The number of aromatic nitrogens is 3. The van der Waals surface area contributed by atoms with Gasteiger partial charge in [0, 0.05) is 34.6 Å². The predicted octanol–water partition coefficient (Wildman–Crippen LogP) is 4.52. The molecule has 0 aliphatic rings. The van der Waals surface area contributed by atoms with Gasteiger partial charge >= 0.3 is 0 Å². The minimum absolute atomic E-state index is 0.0544. The van der Waals surface area contributed by atoms with Gasteiger partial charge in [-0.05, 0) is 48.5 Å². The summed E-state index contributed by atoms with van der Waals surface area (Å²) in [6.45, 7) is 0.0544. The third-order valence-corrected chi connectivity index (χ3v) is 6.00. The van der Waals surface area contributed by atoms with Gasteiger partial charge in [0.05, 0.1) is 34.6 Å². The molecule has 0 aliphatic heterocycles. The number of nitrogens with zero attached hydrogens (tertiary/aromatic N) is 3. The average molecular weight is 443 g/mol. The number of methoxy groups -OCH3 is 1. The molecule has 1 amide bonds. The molecule has 5 rings (SSSR count). The molecule has 32 heavy (non-hydrogen) atoms. The van der Waals surface area contributed by atoms with Gasteiger partial charge in [0.25, 0.3) is 0 Å². The van der Waals surface area contributed by atoms with Crippen molar-refractivity contribution < 1.29 is 14.3 Å². The first-order valence-corrected chi connectivity index (χ1v) is 10.7. The molecule has 0 saturated carbocycles. The van der Waals surface area contributed by atoms with E-state index in [1.807, 2.05) is 18.2 Å². The van der Waals surface area contributed by atoms with Crippen LogP contribution >= 0.6 is 11.3 Å². The van der Waals surface area contributed by atoms with E-state index in [0.29, 0.717) is 22.6 Å². The molecule has 3 aromatic heterocycles. The van der Waals surface area contributed by atoms with E-state index in [0.717, 1.165) is 21.1 Å². The number of nitrogens with one attached hydrogen (secondary N) is 1. The van der Waals surface area contributed by atoms with Gasteiger partial charge in [-0.15, -0.1) is 11.3 Å². The second-order valence-electron chi connectivity index (χ2n) is 7.20. The Morgan fingerprint density at radius 3 is 2.78 bits per heavy atom. The number of carbonyl (C=O) groups excluding carboxylic acids is 2. The van der Waals surface area contributed by atoms with Crippen molar-refractivity contribution in [1.29, 1.82) is 0 Å². The summed E-state index contributed by atoms with van der Waals surface area (Å²) in [4.78, 5) is 34.4. The van der Waals surface area contributed by atoms with Gasteiger partial charge in [-0.1, -0.05) is 0 Å². The van der Waals surface area contributed by atoms with Crippen molar-refractivity contribution in [2.75, 3.05) is 12.4 Å². The van der Waals surface area contributed by atoms with E-state index in [1.165, 1.54) is 11.3 Å². The van der Waals surface area contributed by atoms with E-state index in [4.69, 9.17) is 4.74 Å². The average Bonchev–Trinajstić information content (AvgIpc) is 3.43. The first-order chi connectivity index (χ1) is 15.6. The zero-order valence-corrected chi connectivity index (χ0v) is 17.9. The van der Waals surface area contributed by atoms with Gasteiger partial charge < -0.3 is 14.6 Å². The number of hydrogen-bond acceptors (Lipinski definition) is 6. The minimum atomic E-state index is -0.196. The number of thiazole rings is 1. The molecular formula is C24H18N4O3S. The predicted molar refractivity (Wildman–Crippen MR) is 124 cm³/mol. The van der Waals surface area contributed by atoms with E-state index < -0.39 is 0 Å². The lowest BCUT2D eigenvalue weighted by atomic mass is 10.0. The maximum Gasteiger partial charge on any atom is 0.244 e. The van der Waals surface area contributed by atoms with Crippen LogP contribution in [0.2, 0.25) is 0 Å². The van der Waals surface area contributed by atoms with Crippen LogP contribution in [0.3, 0.4) is 0 Å². The van der Waals surface area contributed by atoms with Gasteiger partial charge in [0.15, 0.2) is 5.78 Å². The first kappa shape index (κ1) is 19.9. The fourth-order valence-electron chi connectivity index (χ4n) is 3.64. The van der Waals surface area contributed by atoms with Crippen molar-refractivity contribution in [3.63, 3.8) is 0 Å². The number of ketones is 1. The van der Waals surface area contributed by atoms with Gasteiger partial charge in [0.2, 0.25) is 5.91 Å². The van der Waals surface area contributed by atoms with E-state index in [9.17, 15) is 9.59 Å². The lowest BCUT2D eigenvalue weighted by Crippen LogP contribution is -2.18. The Labute approximate surface area is 187 Å². The largest absolute Gasteiger partial charge is 0.497 e. The van der Waals surface area contributed by atoms with Gasteiger partial charge in [-0.3, -0.25) is 14.6 Å². The molecule has 0 aliphatic carbocycles. The zero-order valence-electron chi connectivity index (χ0n) is 17.1. The maximum atomic E-state index is 13.2. The molecule has 1 N–H and O–H groups in total. The highest BCUT2D eigenvalue weighted by atomic mass is 32.1. The number of ether oxygens (including phenoxy) is 1. The van der Waals surface area contributed by atoms with Crippen molar-refractivity contribution in [2.24, 2.45) is 0 Å². The van der Waals surface area contributed by atoms with Crippen molar-refractivity contribution in [3.8, 4) is 5.75 Å². The fourth-order valence-corrected chi connectivity index (χ4v) is 4.35. The van der Waals surface area contributed by atoms with E-state index in [-0.39, 0.29) is 18.2 Å². The van der Waals surface area contributed by atoms with Crippen LogP contribution in [0.4, 0.5) is 5.69 Å². The van der Waals surface area contributed by atoms with Gasteiger partial charge in [0.1, 0.15) is 12.3 Å². The molecule has 8 heteroatoms. The van der Waals surface area contributed by atoms with Crippen LogP contribution in [0.1, 0.15) is 15.9 Å². The molecule has 0 bridgehead atoms. The van der Waals surface area contributed by atoms with E-state index in [2.05, 4.69) is 15.3 Å². The minimum Gasteiger partial charge on any atom is -0.497 e. The molecule has 7 nitrogen and oxygen atoms in total. The normalized spacial score (nSPS) is 11.0. The SMILES string of the molecule is COc1ccc(C(=O)c2cn(CC(=O)Nc3ccc4ncsc4c3)c3cnccc23)cc1. The van der Waals surface area contributed by atoms with Crippen molar-refractivity contribution >= 4 is 49.8 Å². The molecule has 158 valence electrons. The second-order valence-corrected chi connectivity index (χ2v) is 8.09. The molecule has 0 atom stereocenters. The summed E-state index contributed by atoms with van der Waals surface area (Å²) >= 11 is 1.52. The van der Waals surface area contributed by atoms with Gasteiger partial charge in [-0.25, -0.2) is 4.98 Å². The molecule has 5 aromatic rings. The van der Waals surface area contributed by atoms with Crippen LogP contribution < -0.4 is 10.1 Å². The number of pyridine rings is 1. The summed E-state index contributed by atoms with van der Waals surface area (Å²) in [6, 6.07) is 14.4. The molecule has 0 saturated heterocycles. The highest BCUT2D eigenvalue weighted by molar-refractivity contribution is 7.16. The van der Waals surface area contributed by atoms with Crippen molar-refractivity contribution in [2.45, 2.75) is 6.54 Å². The molecule has 3 heterocycles. The van der Waals surface area contributed by atoms with E-state index in [1.54, 1.807) is 66.1 Å². The molecule has 0 unspecified atom stereocenters. The molecule has 0 fully saturated rings. The Kier molecular flexibility index (Phi) is 5.12. The number of rotatable bonds is 6. The molecule has 0 spiro atoms. The third kappa shape index (κ3) is 3.72. The van der Waals surface area contributed by atoms with Crippen LogP contribution in [-0.4, -0.2) is 33.3 Å². The first-order valence-electron chi connectivity index (χ1n) is 9.87. The third-order valence-electron chi connectivity index (χ3n) is 5.21. The van der Waals surface area contributed by atoms with Crippen LogP contribution in [0.15, 0.2) is 72.6 Å². The Morgan fingerprint density at radius 1 is 1.12 bits per heavy atom. The Bertz CT molecular complexity index is 1450. The fraction of sp³-hybridized carbons (Fsp3) is 0.0833. The van der Waals surface area contributed by atoms with Crippen molar-refractivity contribution in [1.82, 2.24) is 14.5 Å². The monoisotopic (exact) mass is 442 g/mol. The summed E-state index contributed by atoms with van der Waals surface area (Å²) < 4.78 is 7.92. The number of carbonyl (C=O) groups is 2. The summed E-state index contributed by atoms with van der Waals surface area (Å²) in [7, 11) is 1.58.